The topological polar surface area (TPSA) is 76.2 Å². The van der Waals surface area contributed by atoms with Crippen LogP contribution in [0.1, 0.15) is 20.8 Å². The summed E-state index contributed by atoms with van der Waals surface area (Å²) >= 11 is 1.57. The van der Waals surface area contributed by atoms with E-state index in [1.165, 1.54) is 7.11 Å². The normalized spacial score (nSPS) is 25.4. The van der Waals surface area contributed by atoms with Crippen LogP contribution in [0.25, 0.3) is 0 Å². The Labute approximate surface area is 140 Å². The SMILES string of the molecule is COC(=O)[C@H]1CN(C(=O)[C@@H]2CSCN2C(=O)C(C)(C)C)CCO1. The maximum absolute atomic E-state index is 12.8. The molecule has 2 saturated heterocycles. The van der Waals surface area contributed by atoms with Gasteiger partial charge in [0.25, 0.3) is 0 Å². The minimum absolute atomic E-state index is 0.0290. The first kappa shape index (κ1) is 18.1. The fourth-order valence-corrected chi connectivity index (χ4v) is 3.76. The predicted molar refractivity (Wildman–Crippen MR) is 85.8 cm³/mol. The quantitative estimate of drug-likeness (QED) is 0.672. The fraction of sp³-hybridized carbons (Fsp3) is 0.800. The number of carbonyl (C=O) groups is 3. The lowest BCUT2D eigenvalue weighted by Crippen LogP contribution is -2.56. The van der Waals surface area contributed by atoms with Crippen LogP contribution >= 0.6 is 11.8 Å². The van der Waals surface area contributed by atoms with Crippen molar-refractivity contribution in [1.82, 2.24) is 9.80 Å². The van der Waals surface area contributed by atoms with Gasteiger partial charge in [-0.3, -0.25) is 9.59 Å². The zero-order valence-electron chi connectivity index (χ0n) is 14.0. The molecule has 2 heterocycles. The fourth-order valence-electron chi connectivity index (χ4n) is 2.61. The Hall–Kier alpha value is -1.28. The number of hydrogen-bond acceptors (Lipinski definition) is 6. The molecular formula is C15H24N2O5S. The van der Waals surface area contributed by atoms with Gasteiger partial charge in [0.2, 0.25) is 11.8 Å². The molecule has 130 valence electrons. The summed E-state index contributed by atoms with van der Waals surface area (Å²) in [4.78, 5) is 40.2. The van der Waals surface area contributed by atoms with Crippen LogP contribution in [0.5, 0.6) is 0 Å². The van der Waals surface area contributed by atoms with Crippen LogP contribution in [-0.2, 0) is 23.9 Å². The van der Waals surface area contributed by atoms with E-state index in [4.69, 9.17) is 4.74 Å². The number of hydrogen-bond donors (Lipinski definition) is 0. The molecule has 0 aliphatic carbocycles. The molecule has 2 rings (SSSR count). The van der Waals surface area contributed by atoms with E-state index < -0.39 is 23.5 Å². The molecule has 2 aliphatic rings. The van der Waals surface area contributed by atoms with E-state index in [0.29, 0.717) is 24.8 Å². The third-order valence-corrected chi connectivity index (χ3v) is 4.92. The number of amides is 2. The third kappa shape index (κ3) is 3.98. The van der Waals surface area contributed by atoms with Crippen LogP contribution in [0.3, 0.4) is 0 Å². The van der Waals surface area contributed by atoms with Crippen molar-refractivity contribution in [3.63, 3.8) is 0 Å². The maximum atomic E-state index is 12.8. The number of methoxy groups -OCH3 is 1. The van der Waals surface area contributed by atoms with E-state index in [0.717, 1.165) is 0 Å². The Morgan fingerprint density at radius 3 is 2.57 bits per heavy atom. The molecule has 0 radical (unpaired) electrons. The summed E-state index contributed by atoms with van der Waals surface area (Å²) in [6.45, 7) is 6.43. The van der Waals surface area contributed by atoms with E-state index in [-0.39, 0.29) is 18.4 Å². The lowest BCUT2D eigenvalue weighted by atomic mass is 9.94. The van der Waals surface area contributed by atoms with Gasteiger partial charge in [-0.25, -0.2) is 4.79 Å². The molecule has 2 fully saturated rings. The van der Waals surface area contributed by atoms with Crippen molar-refractivity contribution in [2.45, 2.75) is 32.9 Å². The van der Waals surface area contributed by atoms with Gasteiger partial charge in [0, 0.05) is 17.7 Å². The Bertz CT molecular complexity index is 491. The van der Waals surface area contributed by atoms with E-state index >= 15 is 0 Å². The van der Waals surface area contributed by atoms with Gasteiger partial charge >= 0.3 is 5.97 Å². The summed E-state index contributed by atoms with van der Waals surface area (Å²) < 4.78 is 10.0. The first-order valence-electron chi connectivity index (χ1n) is 7.62. The smallest absolute Gasteiger partial charge is 0.336 e. The van der Waals surface area contributed by atoms with Gasteiger partial charge in [-0.1, -0.05) is 20.8 Å². The average molecular weight is 344 g/mol. The summed E-state index contributed by atoms with van der Waals surface area (Å²) in [7, 11) is 1.30. The molecule has 0 N–H and O–H groups in total. The van der Waals surface area contributed by atoms with Crippen molar-refractivity contribution >= 4 is 29.5 Å². The Balaban J connectivity index is 2.06. The molecule has 0 aromatic carbocycles. The van der Waals surface area contributed by atoms with Gasteiger partial charge in [0.1, 0.15) is 6.04 Å². The zero-order chi connectivity index (χ0) is 17.2. The van der Waals surface area contributed by atoms with E-state index in [9.17, 15) is 14.4 Å². The summed E-state index contributed by atoms with van der Waals surface area (Å²) in [5.41, 5.74) is -0.525. The first-order chi connectivity index (χ1) is 10.8. The average Bonchev–Trinajstić information content (AvgIpc) is 3.01. The molecule has 2 aliphatic heterocycles. The number of morpholine rings is 1. The van der Waals surface area contributed by atoms with Gasteiger partial charge in [-0.05, 0) is 0 Å². The summed E-state index contributed by atoms with van der Waals surface area (Å²) in [6, 6.07) is -0.469. The van der Waals surface area contributed by atoms with Crippen molar-refractivity contribution in [2.24, 2.45) is 5.41 Å². The number of esters is 1. The molecule has 0 aromatic rings. The van der Waals surface area contributed by atoms with Crippen LogP contribution in [0.2, 0.25) is 0 Å². The number of ether oxygens (including phenoxy) is 2. The van der Waals surface area contributed by atoms with E-state index in [2.05, 4.69) is 4.74 Å². The van der Waals surface area contributed by atoms with Crippen LogP contribution in [0.15, 0.2) is 0 Å². The summed E-state index contributed by atoms with van der Waals surface area (Å²) in [5.74, 6) is 0.479. The maximum Gasteiger partial charge on any atom is 0.336 e. The molecule has 0 bridgehead atoms. The van der Waals surface area contributed by atoms with Crippen molar-refractivity contribution < 1.29 is 23.9 Å². The van der Waals surface area contributed by atoms with Crippen LogP contribution in [0.4, 0.5) is 0 Å². The second-order valence-corrected chi connectivity index (χ2v) is 7.71. The highest BCUT2D eigenvalue weighted by molar-refractivity contribution is 7.99. The lowest BCUT2D eigenvalue weighted by Gasteiger charge is -2.36. The molecule has 7 nitrogen and oxygen atoms in total. The molecule has 2 amide bonds. The summed E-state index contributed by atoms with van der Waals surface area (Å²) in [6.07, 6.45) is -0.751. The van der Waals surface area contributed by atoms with Crippen molar-refractivity contribution in [3.05, 3.63) is 0 Å². The van der Waals surface area contributed by atoms with Crippen LogP contribution in [-0.4, -0.2) is 78.2 Å². The van der Waals surface area contributed by atoms with Crippen LogP contribution in [0, 0.1) is 5.41 Å². The van der Waals surface area contributed by atoms with Gasteiger partial charge < -0.3 is 19.3 Å². The number of rotatable bonds is 2. The second kappa shape index (κ2) is 7.09. The second-order valence-electron chi connectivity index (χ2n) is 6.71. The third-order valence-electron chi connectivity index (χ3n) is 3.91. The van der Waals surface area contributed by atoms with Gasteiger partial charge in [0.15, 0.2) is 6.10 Å². The molecule has 23 heavy (non-hydrogen) atoms. The monoisotopic (exact) mass is 344 g/mol. The molecule has 0 unspecified atom stereocenters. The minimum Gasteiger partial charge on any atom is -0.467 e. The number of nitrogens with zero attached hydrogens (tertiary/aromatic N) is 2. The highest BCUT2D eigenvalue weighted by Gasteiger charge is 2.42. The largest absolute Gasteiger partial charge is 0.467 e. The Morgan fingerprint density at radius 2 is 1.96 bits per heavy atom. The molecule has 0 spiro atoms. The zero-order valence-corrected chi connectivity index (χ0v) is 14.9. The minimum atomic E-state index is -0.751. The van der Waals surface area contributed by atoms with Crippen LogP contribution < -0.4 is 0 Å². The standard InChI is InChI=1S/C15H24N2O5S/c1-15(2,3)14(20)17-9-23-8-10(17)12(18)16-5-6-22-11(7-16)13(19)21-4/h10-11H,5-9H2,1-4H3/t10-,11+/m0/s1. The molecule has 2 atom stereocenters. The van der Waals surface area contributed by atoms with E-state index in [1.54, 1.807) is 21.6 Å². The molecular weight excluding hydrogens is 320 g/mol. The highest BCUT2D eigenvalue weighted by atomic mass is 32.2. The van der Waals surface area contributed by atoms with Crippen molar-refractivity contribution in [3.8, 4) is 0 Å². The van der Waals surface area contributed by atoms with Gasteiger partial charge in [0.05, 0.1) is 26.1 Å². The highest BCUT2D eigenvalue weighted by Crippen LogP contribution is 2.28. The van der Waals surface area contributed by atoms with Crippen molar-refractivity contribution in [1.29, 1.82) is 0 Å². The molecule has 0 saturated carbocycles. The molecule has 8 heteroatoms. The lowest BCUT2D eigenvalue weighted by molar-refractivity contribution is -0.164. The Kier molecular flexibility index (Phi) is 5.57. The van der Waals surface area contributed by atoms with Gasteiger partial charge in [-0.2, -0.15) is 0 Å². The summed E-state index contributed by atoms with van der Waals surface area (Å²) in [5, 5.41) is 0. The van der Waals surface area contributed by atoms with Gasteiger partial charge in [-0.15, -0.1) is 11.8 Å². The van der Waals surface area contributed by atoms with Crippen molar-refractivity contribution in [2.75, 3.05) is 38.4 Å². The number of thioether (sulfide) groups is 1. The number of carbonyl (C=O) groups excluding carboxylic acids is 3. The predicted octanol–water partition coefficient (Wildman–Crippen LogP) is 0.334. The molecule has 0 aromatic heterocycles. The van der Waals surface area contributed by atoms with E-state index in [1.807, 2.05) is 20.8 Å². The first-order valence-corrected chi connectivity index (χ1v) is 8.78. The Morgan fingerprint density at radius 1 is 1.26 bits per heavy atom.